The summed E-state index contributed by atoms with van der Waals surface area (Å²) in [6, 6.07) is 7.90. The van der Waals surface area contributed by atoms with Gasteiger partial charge in [-0.05, 0) is 68.8 Å². The predicted octanol–water partition coefficient (Wildman–Crippen LogP) is 4.49. The number of hydrazone groups is 1. The molecule has 1 fully saturated rings. The van der Waals surface area contributed by atoms with Crippen LogP contribution in [0.3, 0.4) is 0 Å². The Morgan fingerprint density at radius 3 is 2.51 bits per heavy atom. The number of hydrogen-bond acceptors (Lipinski definition) is 8. The first-order chi connectivity index (χ1) is 20.3. The van der Waals surface area contributed by atoms with Crippen molar-refractivity contribution in [3.8, 4) is 0 Å². The number of carbonyl (C=O) groups is 1. The van der Waals surface area contributed by atoms with E-state index in [9.17, 15) is 18.0 Å². The van der Waals surface area contributed by atoms with Crippen molar-refractivity contribution in [2.24, 2.45) is 16.7 Å². The first-order valence-corrected chi connectivity index (χ1v) is 14.3. The summed E-state index contributed by atoms with van der Waals surface area (Å²) in [5.41, 5.74) is 9.53. The molecule has 9 nitrogen and oxygen atoms in total. The lowest BCUT2D eigenvalue weighted by Crippen LogP contribution is -2.46. The summed E-state index contributed by atoms with van der Waals surface area (Å²) in [5.74, 6) is 2.03. The van der Waals surface area contributed by atoms with Crippen LogP contribution in [-0.2, 0) is 5.92 Å². The normalized spacial score (nSPS) is 18.1. The number of benzene rings is 2. The molecule has 232 valence electrons. The van der Waals surface area contributed by atoms with Crippen molar-refractivity contribution >= 4 is 29.2 Å². The van der Waals surface area contributed by atoms with E-state index in [-0.39, 0.29) is 17.2 Å². The number of likely N-dealkylation sites (N-methyl/N-ethyl adjacent to an activating group) is 2. The molecule has 2 aromatic carbocycles. The third kappa shape index (κ3) is 7.14. The number of nitrogens with zero attached hydrogens (tertiary/aromatic N) is 5. The molecule has 2 heterocycles. The molecule has 12 heteroatoms. The predicted molar refractivity (Wildman–Crippen MR) is 167 cm³/mol. The van der Waals surface area contributed by atoms with Crippen LogP contribution >= 0.6 is 0 Å². The summed E-state index contributed by atoms with van der Waals surface area (Å²) in [7, 11) is 1.87. The van der Waals surface area contributed by atoms with E-state index >= 15 is 0 Å². The highest BCUT2D eigenvalue weighted by Crippen LogP contribution is 2.37. The monoisotopic (exact) mass is 598 g/mol. The average Bonchev–Trinajstić information content (AvgIpc) is 2.99. The first kappa shape index (κ1) is 31.9. The van der Waals surface area contributed by atoms with Crippen molar-refractivity contribution in [2.75, 3.05) is 61.7 Å². The maximum atomic E-state index is 14.8. The quantitative estimate of drug-likeness (QED) is 0.289. The van der Waals surface area contributed by atoms with Gasteiger partial charge in [-0.1, -0.05) is 13.0 Å². The Kier molecular flexibility index (Phi) is 9.71. The highest BCUT2D eigenvalue weighted by atomic mass is 19.3. The maximum absolute atomic E-state index is 14.8. The van der Waals surface area contributed by atoms with Crippen molar-refractivity contribution in [3.05, 3.63) is 76.1 Å². The molecule has 2 aliphatic heterocycles. The van der Waals surface area contributed by atoms with Gasteiger partial charge in [-0.25, -0.2) is 10.2 Å². The minimum atomic E-state index is -3.73. The molecule has 0 aliphatic carbocycles. The third-order valence-electron chi connectivity index (χ3n) is 8.11. The molecule has 2 aromatic rings. The van der Waals surface area contributed by atoms with Crippen LogP contribution in [-0.4, -0.2) is 74.5 Å². The van der Waals surface area contributed by atoms with E-state index in [1.807, 2.05) is 31.9 Å². The van der Waals surface area contributed by atoms with E-state index in [2.05, 4.69) is 22.2 Å². The molecule has 2 aliphatic rings. The van der Waals surface area contributed by atoms with Gasteiger partial charge in [0.05, 0.1) is 23.6 Å². The molecule has 1 atom stereocenters. The molecule has 1 amide bonds. The van der Waals surface area contributed by atoms with E-state index in [0.717, 1.165) is 36.8 Å². The van der Waals surface area contributed by atoms with Crippen LogP contribution in [0.5, 0.6) is 0 Å². The Balaban J connectivity index is 1.61. The lowest BCUT2D eigenvalue weighted by molar-refractivity contribution is -0.0286. The number of halogens is 3. The van der Waals surface area contributed by atoms with Gasteiger partial charge in [0.25, 0.3) is 5.91 Å². The lowest BCUT2D eigenvalue weighted by Gasteiger charge is -2.37. The largest absolute Gasteiger partial charge is 0.397 e. The van der Waals surface area contributed by atoms with Gasteiger partial charge in [0, 0.05) is 67.5 Å². The van der Waals surface area contributed by atoms with Crippen molar-refractivity contribution in [3.63, 3.8) is 0 Å². The van der Waals surface area contributed by atoms with Gasteiger partial charge in [0.2, 0.25) is 0 Å². The number of piperazine rings is 1. The second-order valence-electron chi connectivity index (χ2n) is 11.1. The van der Waals surface area contributed by atoms with E-state index in [4.69, 9.17) is 11.6 Å². The Morgan fingerprint density at radius 2 is 1.88 bits per heavy atom. The first-order valence-electron chi connectivity index (χ1n) is 14.3. The van der Waals surface area contributed by atoms with Gasteiger partial charge in [-0.3, -0.25) is 14.8 Å². The zero-order valence-electron chi connectivity index (χ0n) is 25.4. The summed E-state index contributed by atoms with van der Waals surface area (Å²) in [6.07, 6.45) is 5.19. The maximum Gasteiger partial charge on any atom is 0.301 e. The van der Waals surface area contributed by atoms with Gasteiger partial charge in [-0.2, -0.15) is 13.9 Å². The van der Waals surface area contributed by atoms with Crippen LogP contribution < -0.4 is 26.8 Å². The van der Waals surface area contributed by atoms with Crippen molar-refractivity contribution in [2.45, 2.75) is 39.7 Å². The Morgan fingerprint density at radius 1 is 1.19 bits per heavy atom. The Labute approximate surface area is 251 Å². The second-order valence-corrected chi connectivity index (χ2v) is 11.1. The number of hydrogen-bond donors (Lipinski definition) is 3. The van der Waals surface area contributed by atoms with E-state index in [1.54, 1.807) is 48.6 Å². The molecule has 0 saturated carbocycles. The molecule has 1 unspecified atom stereocenters. The second kappa shape index (κ2) is 13.1. The number of nitrogens with two attached hydrogens (primary N) is 2. The summed E-state index contributed by atoms with van der Waals surface area (Å²) in [5, 5.41) is 10.3. The van der Waals surface area contributed by atoms with Crippen molar-refractivity contribution in [1.82, 2.24) is 9.91 Å². The van der Waals surface area contributed by atoms with Crippen molar-refractivity contribution < 1.29 is 18.0 Å². The topological polar surface area (TPSA) is 106 Å². The van der Waals surface area contributed by atoms with Gasteiger partial charge >= 0.3 is 5.92 Å². The smallest absolute Gasteiger partial charge is 0.301 e. The van der Waals surface area contributed by atoms with Crippen LogP contribution in [0.25, 0.3) is 0 Å². The van der Waals surface area contributed by atoms with Gasteiger partial charge in [0.15, 0.2) is 6.67 Å². The molecular formula is C31H41F3N8O. The zero-order valence-corrected chi connectivity index (χ0v) is 25.4. The summed E-state index contributed by atoms with van der Waals surface area (Å²) < 4.78 is 43.0. The number of alkyl halides is 3. The Hall–Kier alpha value is -4.03. The molecule has 0 radical (unpaired) electrons. The highest BCUT2D eigenvalue weighted by molar-refractivity contribution is 6.05. The fourth-order valence-corrected chi connectivity index (χ4v) is 5.22. The molecule has 0 spiro atoms. The molecular weight excluding hydrogens is 557 g/mol. The number of rotatable bonds is 9. The number of hydrazine groups is 1. The molecule has 43 heavy (non-hydrogen) atoms. The molecule has 0 bridgehead atoms. The fraction of sp³-hybridized carbons (Fsp3) is 0.419. The van der Waals surface area contributed by atoms with Gasteiger partial charge < -0.3 is 20.9 Å². The number of anilines is 3. The summed E-state index contributed by atoms with van der Waals surface area (Å²) in [6.45, 7) is 9.27. The van der Waals surface area contributed by atoms with E-state index < -0.39 is 24.1 Å². The van der Waals surface area contributed by atoms with Crippen LogP contribution in [0.2, 0.25) is 0 Å². The summed E-state index contributed by atoms with van der Waals surface area (Å²) >= 11 is 0. The highest BCUT2D eigenvalue weighted by Gasteiger charge is 2.36. The van der Waals surface area contributed by atoms with E-state index in [0.29, 0.717) is 35.8 Å². The number of allylic oxidation sites excluding steroid dienone is 1. The molecule has 5 N–H and O–H groups in total. The third-order valence-corrected chi connectivity index (χ3v) is 8.11. The molecule has 1 saturated heterocycles. The van der Waals surface area contributed by atoms with Crippen LogP contribution in [0.15, 0.2) is 59.0 Å². The van der Waals surface area contributed by atoms with Crippen LogP contribution in [0.4, 0.5) is 30.2 Å². The average molecular weight is 599 g/mol. The number of amides is 1. The van der Waals surface area contributed by atoms with Crippen LogP contribution in [0, 0.1) is 13.8 Å². The fourth-order valence-electron chi connectivity index (χ4n) is 5.22. The minimum Gasteiger partial charge on any atom is -0.397 e. The lowest BCUT2D eigenvalue weighted by atomic mass is 9.96. The van der Waals surface area contributed by atoms with Gasteiger partial charge in [0.1, 0.15) is 0 Å². The Bertz CT molecular complexity index is 1430. The number of carbonyl (C=O) groups excluding carboxylic acids is 1. The zero-order chi connectivity index (χ0) is 31.5. The molecule has 0 aromatic heterocycles. The van der Waals surface area contributed by atoms with Crippen molar-refractivity contribution in [1.29, 1.82) is 0 Å². The van der Waals surface area contributed by atoms with Gasteiger partial charge in [-0.15, -0.1) is 0 Å². The minimum absolute atomic E-state index is 0.0140. The van der Waals surface area contributed by atoms with Crippen LogP contribution in [0.1, 0.15) is 40.9 Å². The molecule has 4 rings (SSSR count). The summed E-state index contributed by atoms with van der Waals surface area (Å²) in [4.78, 5) is 17.7. The van der Waals surface area contributed by atoms with E-state index in [1.165, 1.54) is 5.01 Å². The SMILES string of the molecule is CCN1CCN(c2cc(C(=O)Nc3ccc(C)c(N(N)/C=C(\N)C4=CC(C)N(C)N=C4)c3)cc(C(F)(F)CF)c2C)CC1. The number of nitrogens with one attached hydrogen (secondary N) is 1. The standard InChI is InChI=1S/C31H41F3N8O/c1-6-40-9-11-41(12-10-40)29-15-23(14-26(22(29)4)31(33,34)19-32)30(43)38-25-8-7-20(2)28(16-25)42(36)18-27(35)24-13-21(3)39(5)37-17-24/h7-8,13-18,21H,6,9-12,19,35-36H2,1-5H3,(H,38,43)/b27-18-. The number of aryl methyl sites for hydroxylation is 1.